The van der Waals surface area contributed by atoms with Crippen molar-refractivity contribution in [1.29, 1.82) is 0 Å². The summed E-state index contributed by atoms with van der Waals surface area (Å²) in [5.41, 5.74) is -0.570. The standard InChI is InChI=1S/C13H14FNO4/c14-10-3-1-9(2-4-10)5-6-15-11(16)13(12(17)18)7-19-8-13/h1-4H,5-8H2,(H,15,16)(H,17,18). The monoisotopic (exact) mass is 267 g/mol. The van der Waals surface area contributed by atoms with Crippen LogP contribution in [0.15, 0.2) is 24.3 Å². The Kier molecular flexibility index (Phi) is 3.80. The van der Waals surface area contributed by atoms with E-state index in [4.69, 9.17) is 9.84 Å². The van der Waals surface area contributed by atoms with Crippen molar-refractivity contribution in [3.63, 3.8) is 0 Å². The molecule has 1 aliphatic rings. The van der Waals surface area contributed by atoms with Crippen LogP contribution in [0.2, 0.25) is 0 Å². The predicted molar refractivity (Wildman–Crippen MR) is 64.0 cm³/mol. The molecule has 6 heteroatoms. The first-order chi connectivity index (χ1) is 9.04. The zero-order chi connectivity index (χ0) is 13.9. The van der Waals surface area contributed by atoms with Gasteiger partial charge in [0, 0.05) is 6.54 Å². The number of ether oxygens (including phenoxy) is 1. The van der Waals surface area contributed by atoms with Gasteiger partial charge in [0.2, 0.25) is 5.91 Å². The smallest absolute Gasteiger partial charge is 0.324 e. The Morgan fingerprint density at radius 3 is 2.42 bits per heavy atom. The van der Waals surface area contributed by atoms with Crippen molar-refractivity contribution >= 4 is 11.9 Å². The van der Waals surface area contributed by atoms with Crippen LogP contribution in [-0.4, -0.2) is 36.7 Å². The summed E-state index contributed by atoms with van der Waals surface area (Å²) < 4.78 is 17.5. The summed E-state index contributed by atoms with van der Waals surface area (Å²) >= 11 is 0. The third kappa shape index (κ3) is 2.73. The van der Waals surface area contributed by atoms with Gasteiger partial charge in [0.05, 0.1) is 13.2 Å². The van der Waals surface area contributed by atoms with Crippen molar-refractivity contribution in [2.75, 3.05) is 19.8 Å². The van der Waals surface area contributed by atoms with E-state index in [1.807, 2.05) is 0 Å². The summed E-state index contributed by atoms with van der Waals surface area (Å²) in [7, 11) is 0. The Balaban J connectivity index is 1.84. The van der Waals surface area contributed by atoms with E-state index < -0.39 is 17.3 Å². The Hall–Kier alpha value is -1.95. The molecule has 1 aliphatic heterocycles. The summed E-state index contributed by atoms with van der Waals surface area (Å²) in [6.45, 7) is 0.120. The molecule has 1 aromatic carbocycles. The second kappa shape index (κ2) is 5.36. The third-order valence-corrected chi connectivity index (χ3v) is 3.15. The van der Waals surface area contributed by atoms with Crippen LogP contribution in [0.4, 0.5) is 4.39 Å². The number of halogens is 1. The molecule has 19 heavy (non-hydrogen) atoms. The zero-order valence-electron chi connectivity index (χ0n) is 10.2. The number of nitrogens with one attached hydrogen (secondary N) is 1. The maximum Gasteiger partial charge on any atom is 0.324 e. The third-order valence-electron chi connectivity index (χ3n) is 3.15. The van der Waals surface area contributed by atoms with Gasteiger partial charge in [-0.3, -0.25) is 9.59 Å². The topological polar surface area (TPSA) is 75.6 Å². The lowest BCUT2D eigenvalue weighted by Gasteiger charge is -2.35. The van der Waals surface area contributed by atoms with Crippen LogP contribution in [-0.2, 0) is 20.7 Å². The lowest BCUT2D eigenvalue weighted by molar-refractivity contribution is -0.185. The van der Waals surface area contributed by atoms with Crippen LogP contribution in [0, 0.1) is 11.2 Å². The first kappa shape index (κ1) is 13.5. The van der Waals surface area contributed by atoms with E-state index in [2.05, 4.69) is 5.32 Å². The molecule has 0 unspecified atom stereocenters. The van der Waals surface area contributed by atoms with Crippen LogP contribution in [0.1, 0.15) is 5.56 Å². The minimum atomic E-state index is -1.44. The van der Waals surface area contributed by atoms with Gasteiger partial charge in [-0.1, -0.05) is 12.1 Å². The second-order valence-corrected chi connectivity index (χ2v) is 4.51. The molecule has 0 bridgehead atoms. The SMILES string of the molecule is O=C(O)C1(C(=O)NCCc2ccc(F)cc2)COC1. The number of carboxylic acids is 1. The highest BCUT2D eigenvalue weighted by Crippen LogP contribution is 2.27. The molecule has 5 nitrogen and oxygen atoms in total. The molecule has 0 aliphatic carbocycles. The molecule has 2 rings (SSSR count). The van der Waals surface area contributed by atoms with E-state index >= 15 is 0 Å². The van der Waals surface area contributed by atoms with Crippen molar-refractivity contribution < 1.29 is 23.8 Å². The lowest BCUT2D eigenvalue weighted by Crippen LogP contribution is -2.59. The number of hydrogen-bond donors (Lipinski definition) is 2. The number of benzene rings is 1. The molecule has 1 amide bonds. The molecule has 1 aromatic rings. The average molecular weight is 267 g/mol. The average Bonchev–Trinajstić information content (AvgIpc) is 2.29. The molecule has 0 radical (unpaired) electrons. The molecule has 0 saturated carbocycles. The number of rotatable bonds is 5. The van der Waals surface area contributed by atoms with Crippen molar-refractivity contribution in [2.24, 2.45) is 5.41 Å². The van der Waals surface area contributed by atoms with Crippen molar-refractivity contribution in [1.82, 2.24) is 5.32 Å². The number of carbonyl (C=O) groups is 2. The van der Waals surface area contributed by atoms with Gasteiger partial charge in [-0.05, 0) is 24.1 Å². The molecule has 1 saturated heterocycles. The fourth-order valence-corrected chi connectivity index (χ4v) is 1.80. The van der Waals surface area contributed by atoms with Crippen molar-refractivity contribution in [3.8, 4) is 0 Å². The van der Waals surface area contributed by atoms with Crippen molar-refractivity contribution in [2.45, 2.75) is 6.42 Å². The summed E-state index contributed by atoms with van der Waals surface area (Å²) in [6, 6.07) is 5.94. The highest BCUT2D eigenvalue weighted by Gasteiger charge is 2.53. The molecular weight excluding hydrogens is 253 g/mol. The van der Waals surface area contributed by atoms with Crippen LogP contribution >= 0.6 is 0 Å². The maximum atomic E-state index is 12.7. The predicted octanol–water partition coefficient (Wildman–Crippen LogP) is 0.586. The molecule has 0 atom stereocenters. The van der Waals surface area contributed by atoms with Crippen LogP contribution < -0.4 is 5.32 Å². The van der Waals surface area contributed by atoms with E-state index in [0.29, 0.717) is 13.0 Å². The van der Waals surface area contributed by atoms with Gasteiger partial charge in [0.15, 0.2) is 5.41 Å². The number of aliphatic carboxylic acids is 1. The van der Waals surface area contributed by atoms with E-state index in [1.165, 1.54) is 12.1 Å². The van der Waals surface area contributed by atoms with Gasteiger partial charge in [-0.25, -0.2) is 4.39 Å². The molecule has 1 fully saturated rings. The van der Waals surface area contributed by atoms with Gasteiger partial charge >= 0.3 is 5.97 Å². The summed E-state index contributed by atoms with van der Waals surface area (Å²) in [6.07, 6.45) is 0.516. The van der Waals surface area contributed by atoms with E-state index in [0.717, 1.165) is 5.56 Å². The minimum Gasteiger partial charge on any atom is -0.480 e. The Morgan fingerprint density at radius 2 is 1.95 bits per heavy atom. The minimum absolute atomic E-state index is 0.0925. The Labute approximate surface area is 109 Å². The number of carbonyl (C=O) groups excluding carboxylic acids is 1. The first-order valence-electron chi connectivity index (χ1n) is 5.88. The fourth-order valence-electron chi connectivity index (χ4n) is 1.80. The van der Waals surface area contributed by atoms with Gasteiger partial charge in [-0.2, -0.15) is 0 Å². The van der Waals surface area contributed by atoms with Crippen LogP contribution in [0.3, 0.4) is 0 Å². The molecule has 1 heterocycles. The van der Waals surface area contributed by atoms with E-state index in [1.54, 1.807) is 12.1 Å². The number of carboxylic acid groups (broad SMARTS) is 1. The molecule has 2 N–H and O–H groups in total. The summed E-state index contributed by atoms with van der Waals surface area (Å²) in [4.78, 5) is 22.8. The largest absolute Gasteiger partial charge is 0.480 e. The van der Waals surface area contributed by atoms with Gasteiger partial charge < -0.3 is 15.2 Å². The molecule has 0 spiro atoms. The van der Waals surface area contributed by atoms with Crippen LogP contribution in [0.5, 0.6) is 0 Å². The number of amides is 1. The van der Waals surface area contributed by atoms with Gasteiger partial charge in [0.1, 0.15) is 5.82 Å². The second-order valence-electron chi connectivity index (χ2n) is 4.51. The van der Waals surface area contributed by atoms with Gasteiger partial charge in [0.25, 0.3) is 0 Å². The Bertz CT molecular complexity index is 482. The lowest BCUT2D eigenvalue weighted by atomic mass is 9.85. The summed E-state index contributed by atoms with van der Waals surface area (Å²) in [5, 5.41) is 11.6. The molecule has 102 valence electrons. The number of hydrogen-bond acceptors (Lipinski definition) is 3. The van der Waals surface area contributed by atoms with Crippen molar-refractivity contribution in [3.05, 3.63) is 35.6 Å². The van der Waals surface area contributed by atoms with E-state index in [-0.39, 0.29) is 19.0 Å². The van der Waals surface area contributed by atoms with Crippen LogP contribution in [0.25, 0.3) is 0 Å². The first-order valence-corrected chi connectivity index (χ1v) is 5.88. The molecule has 0 aromatic heterocycles. The fraction of sp³-hybridized carbons (Fsp3) is 0.385. The summed E-state index contributed by atoms with van der Waals surface area (Å²) in [5.74, 6) is -2.02. The zero-order valence-corrected chi connectivity index (χ0v) is 10.2. The molecular formula is C13H14FNO4. The Morgan fingerprint density at radius 1 is 1.32 bits per heavy atom. The quantitative estimate of drug-likeness (QED) is 0.765. The highest BCUT2D eigenvalue weighted by atomic mass is 19.1. The maximum absolute atomic E-state index is 12.7. The van der Waals surface area contributed by atoms with E-state index in [9.17, 15) is 14.0 Å². The highest BCUT2D eigenvalue weighted by molar-refractivity contribution is 6.03. The van der Waals surface area contributed by atoms with Gasteiger partial charge in [-0.15, -0.1) is 0 Å². The normalized spacial score (nSPS) is 16.5.